The fraction of sp³-hybridized carbons (Fsp3) is 0.588. The van der Waals surface area contributed by atoms with Crippen LogP contribution in [0.25, 0.3) is 0 Å². The number of rotatable bonds is 6. The second kappa shape index (κ2) is 7.93. The molecule has 0 radical (unpaired) electrons. The lowest BCUT2D eigenvalue weighted by atomic mass is 9.97. The molecule has 1 aromatic rings. The highest BCUT2D eigenvalue weighted by Gasteiger charge is 2.31. The molecule has 5 nitrogen and oxygen atoms in total. The molecule has 1 aliphatic heterocycles. The molecule has 1 amide bonds. The number of sulfonamides is 1. The molecule has 1 heterocycles. The van der Waals surface area contributed by atoms with Gasteiger partial charge in [-0.1, -0.05) is 31.0 Å². The van der Waals surface area contributed by atoms with Gasteiger partial charge in [-0.05, 0) is 38.3 Å². The average molecular weight is 338 g/mol. The van der Waals surface area contributed by atoms with Gasteiger partial charge in [-0.3, -0.25) is 4.79 Å². The third-order valence-electron chi connectivity index (χ3n) is 4.31. The van der Waals surface area contributed by atoms with Crippen LogP contribution in [-0.2, 0) is 14.8 Å². The highest BCUT2D eigenvalue weighted by atomic mass is 32.2. The number of nitrogens with zero attached hydrogens (tertiary/aromatic N) is 1. The summed E-state index contributed by atoms with van der Waals surface area (Å²) in [4.78, 5) is 12.4. The maximum Gasteiger partial charge on any atom is 0.243 e. The van der Waals surface area contributed by atoms with E-state index < -0.39 is 10.0 Å². The lowest BCUT2D eigenvalue weighted by molar-refractivity contribution is -0.126. The molecule has 128 valence electrons. The normalized spacial score (nSPS) is 17.1. The molecule has 1 saturated heterocycles. The van der Waals surface area contributed by atoms with Crippen LogP contribution in [-0.4, -0.2) is 38.3 Å². The van der Waals surface area contributed by atoms with Gasteiger partial charge in [0.2, 0.25) is 15.9 Å². The van der Waals surface area contributed by atoms with Crippen molar-refractivity contribution in [3.8, 4) is 0 Å². The molecule has 1 fully saturated rings. The summed E-state index contributed by atoms with van der Waals surface area (Å²) in [7, 11) is -3.45. The highest BCUT2D eigenvalue weighted by molar-refractivity contribution is 7.89. The summed E-state index contributed by atoms with van der Waals surface area (Å²) in [5.74, 6) is -0.0119. The molecule has 1 N–H and O–H groups in total. The van der Waals surface area contributed by atoms with Crippen molar-refractivity contribution in [1.82, 2.24) is 9.62 Å². The molecule has 2 rings (SSSR count). The topological polar surface area (TPSA) is 66.5 Å². The van der Waals surface area contributed by atoms with Crippen LogP contribution in [0.1, 0.15) is 38.2 Å². The van der Waals surface area contributed by atoms with E-state index in [1.807, 2.05) is 6.92 Å². The van der Waals surface area contributed by atoms with Gasteiger partial charge in [0.05, 0.1) is 4.90 Å². The lowest BCUT2D eigenvalue weighted by Gasteiger charge is -2.30. The standard InChI is InChI=1S/C17H26N2O3S/c1-3-4-11-18-17(20)15-9-12-19(13-10-15)23(21,22)16-7-5-14(2)6-8-16/h5-8,15H,3-4,9-13H2,1-2H3,(H,18,20). The van der Waals surface area contributed by atoms with Crippen LogP contribution in [0.2, 0.25) is 0 Å². The van der Waals surface area contributed by atoms with Gasteiger partial charge in [-0.2, -0.15) is 4.31 Å². The number of benzene rings is 1. The zero-order valence-electron chi connectivity index (χ0n) is 13.9. The fourth-order valence-electron chi connectivity index (χ4n) is 2.75. The minimum Gasteiger partial charge on any atom is -0.356 e. The van der Waals surface area contributed by atoms with E-state index in [4.69, 9.17) is 0 Å². The summed E-state index contributed by atoms with van der Waals surface area (Å²) in [5, 5.41) is 2.94. The molecular weight excluding hydrogens is 312 g/mol. The molecule has 0 aliphatic carbocycles. The summed E-state index contributed by atoms with van der Waals surface area (Å²) in [6.45, 7) is 5.53. The first kappa shape index (κ1) is 17.9. The molecule has 0 bridgehead atoms. The zero-order chi connectivity index (χ0) is 16.9. The maximum atomic E-state index is 12.6. The molecule has 0 aromatic heterocycles. The van der Waals surface area contributed by atoms with Crippen LogP contribution < -0.4 is 5.32 Å². The summed E-state index contributed by atoms with van der Waals surface area (Å²) >= 11 is 0. The number of unbranched alkanes of at least 4 members (excludes halogenated alkanes) is 1. The van der Waals surface area contributed by atoms with E-state index in [1.165, 1.54) is 4.31 Å². The van der Waals surface area contributed by atoms with Crippen molar-refractivity contribution < 1.29 is 13.2 Å². The van der Waals surface area contributed by atoms with Crippen LogP contribution in [0, 0.1) is 12.8 Å². The summed E-state index contributed by atoms with van der Waals surface area (Å²) in [6, 6.07) is 6.91. The lowest BCUT2D eigenvalue weighted by Crippen LogP contribution is -2.43. The first-order chi connectivity index (χ1) is 10.9. The second-order valence-corrected chi connectivity index (χ2v) is 8.07. The number of piperidine rings is 1. The van der Waals surface area contributed by atoms with Crippen LogP contribution in [0.4, 0.5) is 0 Å². The van der Waals surface area contributed by atoms with Crippen molar-refractivity contribution in [1.29, 1.82) is 0 Å². The van der Waals surface area contributed by atoms with Gasteiger partial charge in [0.15, 0.2) is 0 Å². The predicted molar refractivity (Wildman–Crippen MR) is 90.6 cm³/mol. The van der Waals surface area contributed by atoms with Gasteiger partial charge in [0.25, 0.3) is 0 Å². The maximum absolute atomic E-state index is 12.6. The minimum absolute atomic E-state index is 0.0610. The van der Waals surface area contributed by atoms with Crippen molar-refractivity contribution in [3.05, 3.63) is 29.8 Å². The van der Waals surface area contributed by atoms with Gasteiger partial charge in [-0.25, -0.2) is 8.42 Å². The van der Waals surface area contributed by atoms with E-state index in [0.29, 0.717) is 37.4 Å². The van der Waals surface area contributed by atoms with Crippen LogP contribution in [0.5, 0.6) is 0 Å². The monoisotopic (exact) mass is 338 g/mol. The molecule has 1 aliphatic rings. The Morgan fingerprint density at radius 2 is 1.83 bits per heavy atom. The SMILES string of the molecule is CCCCNC(=O)C1CCN(S(=O)(=O)c2ccc(C)cc2)CC1. The molecule has 23 heavy (non-hydrogen) atoms. The third kappa shape index (κ3) is 4.54. The van der Waals surface area contributed by atoms with E-state index in [9.17, 15) is 13.2 Å². The van der Waals surface area contributed by atoms with E-state index in [2.05, 4.69) is 12.2 Å². The Bertz CT molecular complexity index is 618. The first-order valence-corrected chi connectivity index (χ1v) is 9.73. The van der Waals surface area contributed by atoms with Gasteiger partial charge >= 0.3 is 0 Å². The van der Waals surface area contributed by atoms with Gasteiger partial charge < -0.3 is 5.32 Å². The largest absolute Gasteiger partial charge is 0.356 e. The van der Waals surface area contributed by atoms with Gasteiger partial charge in [0, 0.05) is 25.6 Å². The number of carbonyl (C=O) groups excluding carboxylic acids is 1. The Morgan fingerprint density at radius 1 is 1.22 bits per heavy atom. The second-order valence-electron chi connectivity index (χ2n) is 6.14. The summed E-state index contributed by atoms with van der Waals surface area (Å²) < 4.78 is 26.7. The van der Waals surface area contributed by atoms with Crippen molar-refractivity contribution in [3.63, 3.8) is 0 Å². The molecule has 0 spiro atoms. The van der Waals surface area contributed by atoms with Gasteiger partial charge in [-0.15, -0.1) is 0 Å². The molecule has 1 aromatic carbocycles. The van der Waals surface area contributed by atoms with E-state index in [0.717, 1.165) is 18.4 Å². The Kier molecular flexibility index (Phi) is 6.18. The van der Waals surface area contributed by atoms with E-state index in [1.54, 1.807) is 24.3 Å². The van der Waals surface area contributed by atoms with E-state index in [-0.39, 0.29) is 11.8 Å². The molecular formula is C17H26N2O3S. The van der Waals surface area contributed by atoms with Crippen LogP contribution in [0.15, 0.2) is 29.2 Å². The number of nitrogens with one attached hydrogen (secondary N) is 1. The van der Waals surface area contributed by atoms with Crippen molar-refractivity contribution in [2.45, 2.75) is 44.4 Å². The fourth-order valence-corrected chi connectivity index (χ4v) is 4.22. The predicted octanol–water partition coefficient (Wildman–Crippen LogP) is 2.31. The highest BCUT2D eigenvalue weighted by Crippen LogP contribution is 2.24. The number of carbonyl (C=O) groups is 1. The minimum atomic E-state index is -3.45. The molecule has 0 atom stereocenters. The number of amides is 1. The first-order valence-electron chi connectivity index (χ1n) is 8.29. The Hall–Kier alpha value is -1.40. The molecule has 6 heteroatoms. The Morgan fingerprint density at radius 3 is 2.39 bits per heavy atom. The smallest absolute Gasteiger partial charge is 0.243 e. The Balaban J connectivity index is 1.93. The van der Waals surface area contributed by atoms with Crippen molar-refractivity contribution in [2.75, 3.05) is 19.6 Å². The quantitative estimate of drug-likeness (QED) is 0.810. The Labute approximate surface area is 139 Å². The molecule has 0 saturated carbocycles. The zero-order valence-corrected chi connectivity index (χ0v) is 14.7. The van der Waals surface area contributed by atoms with Crippen molar-refractivity contribution in [2.24, 2.45) is 5.92 Å². The molecule has 0 unspecified atom stereocenters. The van der Waals surface area contributed by atoms with Crippen molar-refractivity contribution >= 4 is 15.9 Å². The number of hydrogen-bond acceptors (Lipinski definition) is 3. The summed E-state index contributed by atoms with van der Waals surface area (Å²) in [6.07, 6.45) is 3.20. The van der Waals surface area contributed by atoms with Crippen LogP contribution >= 0.6 is 0 Å². The number of aryl methyl sites for hydroxylation is 1. The van der Waals surface area contributed by atoms with E-state index >= 15 is 0 Å². The summed E-state index contributed by atoms with van der Waals surface area (Å²) in [5.41, 5.74) is 1.03. The average Bonchev–Trinajstić information content (AvgIpc) is 2.55. The van der Waals surface area contributed by atoms with Crippen LogP contribution in [0.3, 0.4) is 0 Å². The van der Waals surface area contributed by atoms with Gasteiger partial charge in [0.1, 0.15) is 0 Å². The number of hydrogen-bond donors (Lipinski definition) is 1. The third-order valence-corrected chi connectivity index (χ3v) is 6.23.